The van der Waals surface area contributed by atoms with Gasteiger partial charge in [-0.3, -0.25) is 4.79 Å². The van der Waals surface area contributed by atoms with Crippen molar-refractivity contribution in [1.82, 2.24) is 4.98 Å². The lowest BCUT2D eigenvalue weighted by Gasteiger charge is -2.04. The molecule has 4 heteroatoms. The summed E-state index contributed by atoms with van der Waals surface area (Å²) in [6, 6.07) is 12.4. The van der Waals surface area contributed by atoms with Crippen molar-refractivity contribution in [3.8, 4) is 6.07 Å². The van der Waals surface area contributed by atoms with Gasteiger partial charge >= 0.3 is 0 Å². The monoisotopic (exact) mass is 237 g/mol. The zero-order valence-electron chi connectivity index (χ0n) is 9.84. The van der Waals surface area contributed by atoms with Gasteiger partial charge in [0.1, 0.15) is 5.82 Å². The van der Waals surface area contributed by atoms with Crippen LogP contribution in [0.25, 0.3) is 0 Å². The summed E-state index contributed by atoms with van der Waals surface area (Å²) in [6.07, 6.45) is 1.49. The van der Waals surface area contributed by atoms with Crippen LogP contribution in [0.2, 0.25) is 0 Å². The van der Waals surface area contributed by atoms with Gasteiger partial charge in [-0.1, -0.05) is 17.7 Å². The van der Waals surface area contributed by atoms with Crippen molar-refractivity contribution in [3.05, 3.63) is 59.3 Å². The SMILES string of the molecule is Cc1ccc(C(=O)Nc2cc(C#N)ccn2)cc1. The highest BCUT2D eigenvalue weighted by molar-refractivity contribution is 6.03. The van der Waals surface area contributed by atoms with Gasteiger partial charge in [0.2, 0.25) is 0 Å². The van der Waals surface area contributed by atoms with E-state index >= 15 is 0 Å². The number of hydrogen-bond donors (Lipinski definition) is 1. The van der Waals surface area contributed by atoms with E-state index < -0.39 is 0 Å². The summed E-state index contributed by atoms with van der Waals surface area (Å²) in [7, 11) is 0. The van der Waals surface area contributed by atoms with Crippen molar-refractivity contribution in [2.75, 3.05) is 5.32 Å². The van der Waals surface area contributed by atoms with E-state index in [2.05, 4.69) is 10.3 Å². The molecule has 0 saturated heterocycles. The van der Waals surface area contributed by atoms with Crippen molar-refractivity contribution < 1.29 is 4.79 Å². The molecule has 0 saturated carbocycles. The first-order valence-electron chi connectivity index (χ1n) is 5.43. The summed E-state index contributed by atoms with van der Waals surface area (Å²) in [5.41, 5.74) is 2.12. The molecule has 0 aliphatic heterocycles. The molecule has 1 heterocycles. The Morgan fingerprint density at radius 3 is 2.67 bits per heavy atom. The van der Waals surface area contributed by atoms with E-state index in [-0.39, 0.29) is 5.91 Å². The van der Waals surface area contributed by atoms with E-state index in [9.17, 15) is 4.79 Å². The molecule has 4 nitrogen and oxygen atoms in total. The van der Waals surface area contributed by atoms with Gasteiger partial charge in [0.05, 0.1) is 11.6 Å². The quantitative estimate of drug-likeness (QED) is 0.872. The topological polar surface area (TPSA) is 65.8 Å². The van der Waals surface area contributed by atoms with Crippen LogP contribution in [0.15, 0.2) is 42.6 Å². The molecule has 1 amide bonds. The lowest BCUT2D eigenvalue weighted by atomic mass is 10.1. The Hall–Kier alpha value is -2.67. The molecule has 18 heavy (non-hydrogen) atoms. The molecule has 0 radical (unpaired) electrons. The number of carbonyl (C=O) groups is 1. The lowest BCUT2D eigenvalue weighted by Crippen LogP contribution is -2.12. The van der Waals surface area contributed by atoms with Crippen molar-refractivity contribution in [3.63, 3.8) is 0 Å². The van der Waals surface area contributed by atoms with Gasteiger partial charge in [-0.15, -0.1) is 0 Å². The first-order chi connectivity index (χ1) is 8.69. The Morgan fingerprint density at radius 1 is 1.28 bits per heavy atom. The Kier molecular flexibility index (Phi) is 3.35. The van der Waals surface area contributed by atoms with Gasteiger partial charge in [-0.2, -0.15) is 5.26 Å². The molecule has 0 aliphatic carbocycles. The van der Waals surface area contributed by atoms with Crippen molar-refractivity contribution in [2.45, 2.75) is 6.92 Å². The molecule has 1 N–H and O–H groups in total. The highest BCUT2D eigenvalue weighted by Gasteiger charge is 2.06. The summed E-state index contributed by atoms with van der Waals surface area (Å²) in [6.45, 7) is 1.96. The van der Waals surface area contributed by atoms with Crippen molar-refractivity contribution >= 4 is 11.7 Å². The lowest BCUT2D eigenvalue weighted by molar-refractivity contribution is 0.102. The second kappa shape index (κ2) is 5.11. The normalized spacial score (nSPS) is 9.56. The smallest absolute Gasteiger partial charge is 0.256 e. The highest BCUT2D eigenvalue weighted by atomic mass is 16.1. The van der Waals surface area contributed by atoms with Gasteiger partial charge in [-0.25, -0.2) is 4.98 Å². The molecule has 0 bridgehead atoms. The average Bonchev–Trinajstić information content (AvgIpc) is 2.39. The molecule has 0 fully saturated rings. The second-order valence-corrected chi connectivity index (χ2v) is 3.86. The average molecular weight is 237 g/mol. The molecule has 88 valence electrons. The fourth-order valence-electron chi connectivity index (χ4n) is 1.46. The van der Waals surface area contributed by atoms with E-state index in [0.29, 0.717) is 16.9 Å². The van der Waals surface area contributed by atoms with Crippen LogP contribution in [-0.4, -0.2) is 10.9 Å². The molecule has 0 unspecified atom stereocenters. The van der Waals surface area contributed by atoms with E-state index in [0.717, 1.165) is 5.56 Å². The van der Waals surface area contributed by atoms with Crippen LogP contribution in [0.3, 0.4) is 0 Å². The number of nitriles is 1. The van der Waals surface area contributed by atoms with Crippen molar-refractivity contribution in [1.29, 1.82) is 5.26 Å². The number of nitrogens with zero attached hydrogens (tertiary/aromatic N) is 2. The summed E-state index contributed by atoms with van der Waals surface area (Å²) in [4.78, 5) is 15.9. The molecular formula is C14H11N3O. The largest absolute Gasteiger partial charge is 0.307 e. The summed E-state index contributed by atoms with van der Waals surface area (Å²) in [5.74, 6) is 0.136. The summed E-state index contributed by atoms with van der Waals surface area (Å²) in [5, 5.41) is 11.4. The molecule has 2 rings (SSSR count). The van der Waals surface area contributed by atoms with Crippen LogP contribution < -0.4 is 5.32 Å². The number of aromatic nitrogens is 1. The molecule has 1 aromatic carbocycles. The standard InChI is InChI=1S/C14H11N3O/c1-10-2-4-12(5-3-10)14(18)17-13-8-11(9-15)6-7-16-13/h2-8H,1H3,(H,16,17,18). The molecular weight excluding hydrogens is 226 g/mol. The van der Waals surface area contributed by atoms with Crippen LogP contribution in [0, 0.1) is 18.3 Å². The van der Waals surface area contributed by atoms with E-state index in [4.69, 9.17) is 5.26 Å². The Bertz CT molecular complexity index is 612. The maximum atomic E-state index is 11.9. The number of aryl methyl sites for hydroxylation is 1. The predicted octanol–water partition coefficient (Wildman–Crippen LogP) is 2.51. The Balaban J connectivity index is 2.16. The van der Waals surface area contributed by atoms with Gasteiger partial charge in [0, 0.05) is 11.8 Å². The Labute approximate surface area is 105 Å². The third-order valence-electron chi connectivity index (χ3n) is 2.44. The predicted molar refractivity (Wildman–Crippen MR) is 68.1 cm³/mol. The number of anilines is 1. The number of carbonyl (C=O) groups excluding carboxylic acids is 1. The van der Waals surface area contributed by atoms with Crippen LogP contribution in [0.4, 0.5) is 5.82 Å². The fourth-order valence-corrected chi connectivity index (χ4v) is 1.46. The van der Waals surface area contributed by atoms with E-state index in [1.54, 1.807) is 18.2 Å². The summed E-state index contributed by atoms with van der Waals surface area (Å²) >= 11 is 0. The second-order valence-electron chi connectivity index (χ2n) is 3.86. The fraction of sp³-hybridized carbons (Fsp3) is 0.0714. The molecule has 0 atom stereocenters. The van der Waals surface area contributed by atoms with E-state index in [1.165, 1.54) is 12.3 Å². The number of rotatable bonds is 2. The van der Waals surface area contributed by atoms with Crippen LogP contribution in [-0.2, 0) is 0 Å². The van der Waals surface area contributed by atoms with Gasteiger partial charge < -0.3 is 5.32 Å². The molecule has 2 aromatic rings. The minimum absolute atomic E-state index is 0.238. The summed E-state index contributed by atoms with van der Waals surface area (Å²) < 4.78 is 0. The van der Waals surface area contributed by atoms with Gasteiger partial charge in [0.25, 0.3) is 5.91 Å². The van der Waals surface area contributed by atoms with Crippen LogP contribution in [0.5, 0.6) is 0 Å². The number of amides is 1. The highest BCUT2D eigenvalue weighted by Crippen LogP contribution is 2.09. The number of pyridine rings is 1. The van der Waals surface area contributed by atoms with Crippen molar-refractivity contribution in [2.24, 2.45) is 0 Å². The maximum Gasteiger partial charge on any atom is 0.256 e. The zero-order chi connectivity index (χ0) is 13.0. The number of nitrogens with one attached hydrogen (secondary N) is 1. The van der Waals surface area contributed by atoms with Crippen LogP contribution in [0.1, 0.15) is 21.5 Å². The first kappa shape index (κ1) is 11.8. The van der Waals surface area contributed by atoms with Crippen LogP contribution >= 0.6 is 0 Å². The number of benzene rings is 1. The first-order valence-corrected chi connectivity index (χ1v) is 5.43. The van der Waals surface area contributed by atoms with Gasteiger partial charge in [-0.05, 0) is 31.2 Å². The molecule has 0 aliphatic rings. The maximum absolute atomic E-state index is 11.9. The minimum Gasteiger partial charge on any atom is -0.307 e. The molecule has 0 spiro atoms. The zero-order valence-corrected chi connectivity index (χ0v) is 9.84. The van der Waals surface area contributed by atoms with E-state index in [1.807, 2.05) is 25.1 Å². The Morgan fingerprint density at radius 2 is 2.00 bits per heavy atom. The van der Waals surface area contributed by atoms with Gasteiger partial charge in [0.15, 0.2) is 0 Å². The number of hydrogen-bond acceptors (Lipinski definition) is 3. The minimum atomic E-state index is -0.238. The third kappa shape index (κ3) is 2.71. The molecule has 1 aromatic heterocycles. The third-order valence-corrected chi connectivity index (χ3v) is 2.44.